The lowest BCUT2D eigenvalue weighted by Gasteiger charge is -2.34. The Kier molecular flexibility index (Phi) is 8.89. The first-order chi connectivity index (χ1) is 10.6. The van der Waals surface area contributed by atoms with Gasteiger partial charge in [-0.05, 0) is 44.8 Å². The minimum Gasteiger partial charge on any atom is -0.370 e. The van der Waals surface area contributed by atoms with E-state index in [0.717, 1.165) is 64.5 Å². The minimum absolute atomic E-state index is 0.200. The zero-order chi connectivity index (χ0) is 16.4. The lowest BCUT2D eigenvalue weighted by molar-refractivity contribution is -0.119. The number of aliphatic imine (C=N–C) groups is 1. The van der Waals surface area contributed by atoms with Gasteiger partial charge >= 0.3 is 0 Å². The summed E-state index contributed by atoms with van der Waals surface area (Å²) in [5.41, 5.74) is 5.32. The molecule has 128 valence electrons. The smallest absolute Gasteiger partial charge is 0.217 e. The lowest BCUT2D eigenvalue weighted by Crippen LogP contribution is -2.47. The van der Waals surface area contributed by atoms with Crippen LogP contribution in [0, 0.1) is 5.92 Å². The number of nitrogens with zero attached hydrogens (tertiary/aromatic N) is 3. The van der Waals surface area contributed by atoms with E-state index in [1.807, 2.05) is 7.05 Å². The summed E-state index contributed by atoms with van der Waals surface area (Å²) in [6.07, 6.45) is 3.77. The van der Waals surface area contributed by atoms with Gasteiger partial charge in [0.25, 0.3) is 0 Å². The Morgan fingerprint density at radius 1 is 1.41 bits per heavy atom. The van der Waals surface area contributed by atoms with E-state index in [-0.39, 0.29) is 5.91 Å². The summed E-state index contributed by atoms with van der Waals surface area (Å²) in [5, 5.41) is 3.45. The molecule has 0 aliphatic carbocycles. The van der Waals surface area contributed by atoms with Crippen LogP contribution in [-0.2, 0) is 4.79 Å². The second-order valence-corrected chi connectivity index (χ2v) is 5.98. The first-order valence-electron chi connectivity index (χ1n) is 8.56. The van der Waals surface area contributed by atoms with Gasteiger partial charge in [-0.3, -0.25) is 9.79 Å². The minimum atomic E-state index is -0.200. The molecule has 1 fully saturated rings. The van der Waals surface area contributed by atoms with Gasteiger partial charge in [-0.15, -0.1) is 0 Å². The van der Waals surface area contributed by atoms with Crippen LogP contribution in [-0.4, -0.2) is 68.0 Å². The SMILES string of the molecule is CCN(CC)CCCNC(=NC)N1CCCC(CC(N)=O)C1. The Labute approximate surface area is 135 Å². The predicted octanol–water partition coefficient (Wildman–Crippen LogP) is 0.881. The van der Waals surface area contributed by atoms with Gasteiger partial charge in [0.05, 0.1) is 0 Å². The highest BCUT2D eigenvalue weighted by atomic mass is 16.1. The highest BCUT2D eigenvalue weighted by Gasteiger charge is 2.23. The van der Waals surface area contributed by atoms with E-state index in [0.29, 0.717) is 12.3 Å². The molecule has 0 saturated carbocycles. The first kappa shape index (κ1) is 18.7. The number of amides is 1. The van der Waals surface area contributed by atoms with Crippen LogP contribution in [0.1, 0.15) is 39.5 Å². The zero-order valence-corrected chi connectivity index (χ0v) is 14.5. The Bertz CT molecular complexity index is 354. The highest BCUT2D eigenvalue weighted by Crippen LogP contribution is 2.19. The number of hydrogen-bond acceptors (Lipinski definition) is 3. The van der Waals surface area contributed by atoms with Gasteiger partial charge in [0.15, 0.2) is 5.96 Å². The average molecular weight is 311 g/mol. The van der Waals surface area contributed by atoms with E-state index in [9.17, 15) is 4.79 Å². The molecule has 3 N–H and O–H groups in total. The molecule has 1 aliphatic heterocycles. The quantitative estimate of drug-likeness (QED) is 0.396. The van der Waals surface area contributed by atoms with Crippen molar-refractivity contribution in [2.24, 2.45) is 16.6 Å². The molecule has 0 aromatic rings. The van der Waals surface area contributed by atoms with Crippen molar-refractivity contribution in [2.45, 2.75) is 39.5 Å². The van der Waals surface area contributed by atoms with Crippen LogP contribution < -0.4 is 11.1 Å². The van der Waals surface area contributed by atoms with E-state index in [4.69, 9.17) is 5.73 Å². The van der Waals surface area contributed by atoms with Gasteiger partial charge in [-0.1, -0.05) is 13.8 Å². The number of primary amides is 1. The van der Waals surface area contributed by atoms with Crippen LogP contribution in [0.15, 0.2) is 4.99 Å². The summed E-state index contributed by atoms with van der Waals surface area (Å²) < 4.78 is 0. The standard InChI is InChI=1S/C16H33N5O/c1-4-20(5-2)10-7-9-19-16(18-3)21-11-6-8-14(13-21)12-15(17)22/h14H,4-13H2,1-3H3,(H2,17,22)(H,18,19). The van der Waals surface area contributed by atoms with Crippen LogP contribution in [0.2, 0.25) is 0 Å². The van der Waals surface area contributed by atoms with E-state index >= 15 is 0 Å². The summed E-state index contributed by atoms with van der Waals surface area (Å²) in [6, 6.07) is 0. The second-order valence-electron chi connectivity index (χ2n) is 5.98. The maximum atomic E-state index is 11.1. The largest absolute Gasteiger partial charge is 0.370 e. The van der Waals surface area contributed by atoms with Crippen molar-refractivity contribution < 1.29 is 4.79 Å². The third-order valence-corrected chi connectivity index (χ3v) is 4.35. The Balaban J connectivity index is 2.35. The number of nitrogens with two attached hydrogens (primary N) is 1. The predicted molar refractivity (Wildman–Crippen MR) is 91.9 cm³/mol. The number of guanidine groups is 1. The molecule has 0 bridgehead atoms. The van der Waals surface area contributed by atoms with Crippen LogP contribution in [0.3, 0.4) is 0 Å². The molecule has 1 atom stereocenters. The fourth-order valence-corrected chi connectivity index (χ4v) is 3.08. The van der Waals surface area contributed by atoms with Crippen molar-refractivity contribution in [1.82, 2.24) is 15.1 Å². The maximum absolute atomic E-state index is 11.1. The Hall–Kier alpha value is -1.30. The second kappa shape index (κ2) is 10.4. The van der Waals surface area contributed by atoms with Crippen molar-refractivity contribution in [2.75, 3.05) is 46.3 Å². The summed E-state index contributed by atoms with van der Waals surface area (Å²) >= 11 is 0. The Morgan fingerprint density at radius 2 is 2.14 bits per heavy atom. The Morgan fingerprint density at radius 3 is 2.73 bits per heavy atom. The molecule has 0 aromatic carbocycles. The molecule has 1 amide bonds. The summed E-state index contributed by atoms with van der Waals surface area (Å²) in [4.78, 5) is 20.2. The number of hydrogen-bond donors (Lipinski definition) is 2. The molecule has 1 saturated heterocycles. The van der Waals surface area contributed by atoms with Gasteiger partial charge in [-0.25, -0.2) is 0 Å². The molecule has 22 heavy (non-hydrogen) atoms. The number of likely N-dealkylation sites (tertiary alicyclic amines) is 1. The maximum Gasteiger partial charge on any atom is 0.217 e. The van der Waals surface area contributed by atoms with Crippen molar-refractivity contribution in [3.63, 3.8) is 0 Å². The fourth-order valence-electron chi connectivity index (χ4n) is 3.08. The number of nitrogens with one attached hydrogen (secondary N) is 1. The van der Waals surface area contributed by atoms with Crippen molar-refractivity contribution >= 4 is 11.9 Å². The van der Waals surface area contributed by atoms with Gasteiger partial charge < -0.3 is 20.9 Å². The van der Waals surface area contributed by atoms with E-state index in [1.54, 1.807) is 0 Å². The van der Waals surface area contributed by atoms with Gasteiger partial charge in [0.1, 0.15) is 0 Å². The number of piperidine rings is 1. The number of carbonyl (C=O) groups is 1. The van der Waals surface area contributed by atoms with Crippen molar-refractivity contribution in [3.8, 4) is 0 Å². The van der Waals surface area contributed by atoms with E-state index in [2.05, 4.69) is 34.0 Å². The molecule has 1 aliphatic rings. The third-order valence-electron chi connectivity index (χ3n) is 4.35. The molecular weight excluding hydrogens is 278 g/mol. The topological polar surface area (TPSA) is 74.0 Å². The highest BCUT2D eigenvalue weighted by molar-refractivity contribution is 5.80. The van der Waals surface area contributed by atoms with Crippen molar-refractivity contribution in [1.29, 1.82) is 0 Å². The molecule has 0 aromatic heterocycles. The van der Waals surface area contributed by atoms with E-state index < -0.39 is 0 Å². The molecule has 1 rings (SSSR count). The fraction of sp³-hybridized carbons (Fsp3) is 0.875. The van der Waals surface area contributed by atoms with Crippen molar-refractivity contribution in [3.05, 3.63) is 0 Å². The summed E-state index contributed by atoms with van der Waals surface area (Å²) in [6.45, 7) is 10.5. The van der Waals surface area contributed by atoms with Crippen LogP contribution in [0.4, 0.5) is 0 Å². The molecule has 1 unspecified atom stereocenters. The normalized spacial score (nSPS) is 19.5. The first-order valence-corrected chi connectivity index (χ1v) is 8.56. The zero-order valence-electron chi connectivity index (χ0n) is 14.5. The summed E-state index contributed by atoms with van der Waals surface area (Å²) in [5.74, 6) is 1.11. The van der Waals surface area contributed by atoms with Gasteiger partial charge in [-0.2, -0.15) is 0 Å². The lowest BCUT2D eigenvalue weighted by atomic mass is 9.95. The molecule has 6 heteroatoms. The molecular formula is C16H33N5O. The number of carbonyl (C=O) groups excluding carboxylic acids is 1. The average Bonchev–Trinajstić information content (AvgIpc) is 2.51. The van der Waals surface area contributed by atoms with Gasteiger partial charge in [0, 0.05) is 33.1 Å². The van der Waals surface area contributed by atoms with Gasteiger partial charge in [0.2, 0.25) is 5.91 Å². The van der Waals surface area contributed by atoms with Crippen LogP contribution in [0.5, 0.6) is 0 Å². The monoisotopic (exact) mass is 311 g/mol. The summed E-state index contributed by atoms with van der Waals surface area (Å²) in [7, 11) is 1.82. The third kappa shape index (κ3) is 6.64. The molecule has 6 nitrogen and oxygen atoms in total. The van der Waals surface area contributed by atoms with Crippen LogP contribution >= 0.6 is 0 Å². The van der Waals surface area contributed by atoms with Crippen LogP contribution in [0.25, 0.3) is 0 Å². The number of rotatable bonds is 8. The molecule has 0 spiro atoms. The van der Waals surface area contributed by atoms with E-state index in [1.165, 1.54) is 0 Å². The molecule has 0 radical (unpaired) electrons. The molecule has 1 heterocycles.